The number of dihydropyridines is 1. The van der Waals surface area contributed by atoms with Gasteiger partial charge in [-0.2, -0.15) is 0 Å². The molecule has 142 valence electrons. The highest BCUT2D eigenvalue weighted by Crippen LogP contribution is 2.19. The third kappa shape index (κ3) is 6.27. The molecule has 0 aromatic heterocycles. The molecule has 0 spiro atoms. The summed E-state index contributed by atoms with van der Waals surface area (Å²) in [5.74, 6) is 0.389. The summed E-state index contributed by atoms with van der Waals surface area (Å²) in [7, 11) is -3.35. The van der Waals surface area contributed by atoms with Gasteiger partial charge in [-0.05, 0) is 36.9 Å². The van der Waals surface area contributed by atoms with Crippen LogP contribution in [0.3, 0.4) is 0 Å². The van der Waals surface area contributed by atoms with Gasteiger partial charge < -0.3 is 4.74 Å². The van der Waals surface area contributed by atoms with Crippen molar-refractivity contribution in [3.63, 3.8) is 0 Å². The van der Waals surface area contributed by atoms with Gasteiger partial charge in [-0.15, -0.1) is 0 Å². The molecule has 7 nitrogen and oxygen atoms in total. The zero-order valence-electron chi connectivity index (χ0n) is 15.3. The van der Waals surface area contributed by atoms with E-state index >= 15 is 0 Å². The normalized spacial score (nSPS) is 17.3. The van der Waals surface area contributed by atoms with E-state index in [0.717, 1.165) is 24.9 Å². The molecule has 1 aliphatic rings. The average molecular weight is 379 g/mol. The number of anilines is 1. The number of ketones is 1. The molecule has 1 N–H and O–H groups in total. The molecule has 1 atom stereocenters. The second-order valence-electron chi connectivity index (χ2n) is 6.09. The monoisotopic (exact) mass is 379 g/mol. The lowest BCUT2D eigenvalue weighted by Gasteiger charge is -2.21. The summed E-state index contributed by atoms with van der Waals surface area (Å²) < 4.78 is 30.6. The molecule has 2 rings (SSSR count). The van der Waals surface area contributed by atoms with Gasteiger partial charge in [0.05, 0.1) is 11.9 Å². The van der Waals surface area contributed by atoms with Gasteiger partial charge >= 0.3 is 0 Å². The van der Waals surface area contributed by atoms with Gasteiger partial charge in [0.15, 0.2) is 5.78 Å². The predicted molar refractivity (Wildman–Crippen MR) is 104 cm³/mol. The van der Waals surface area contributed by atoms with E-state index in [2.05, 4.69) is 28.5 Å². The predicted octanol–water partition coefficient (Wildman–Crippen LogP) is 1.73. The molecule has 0 radical (unpaired) electrons. The third-order valence-corrected chi connectivity index (χ3v) is 4.53. The Morgan fingerprint density at radius 2 is 2.00 bits per heavy atom. The van der Waals surface area contributed by atoms with Gasteiger partial charge in [0.25, 0.3) is 0 Å². The van der Waals surface area contributed by atoms with E-state index in [9.17, 15) is 13.2 Å². The molecular weight excluding hydrogens is 354 g/mol. The Kier molecular flexibility index (Phi) is 6.93. The fourth-order valence-corrected chi connectivity index (χ4v) is 3.09. The SMILES string of the molecule is CCN(CC)CC1=CC(=O)C(COc2cccc(NS(C)(=O)=O)c2)N=C1. The number of benzene rings is 1. The standard InChI is InChI=1S/C18H25N3O4S/c1-4-21(5-2)12-14-9-18(22)17(19-11-14)13-25-16-8-6-7-15(10-16)20-26(3,23)24/h6-11,17,20H,4-5,12-13H2,1-3H3. The highest BCUT2D eigenvalue weighted by Gasteiger charge is 2.20. The van der Waals surface area contributed by atoms with E-state index in [1.54, 1.807) is 36.6 Å². The number of hydrogen-bond acceptors (Lipinski definition) is 6. The van der Waals surface area contributed by atoms with Crippen LogP contribution >= 0.6 is 0 Å². The molecule has 26 heavy (non-hydrogen) atoms. The average Bonchev–Trinajstić information content (AvgIpc) is 2.57. The minimum atomic E-state index is -3.35. The maximum Gasteiger partial charge on any atom is 0.229 e. The van der Waals surface area contributed by atoms with Crippen molar-refractivity contribution in [3.8, 4) is 5.75 Å². The molecule has 1 unspecified atom stereocenters. The van der Waals surface area contributed by atoms with Gasteiger partial charge in [-0.25, -0.2) is 8.42 Å². The quantitative estimate of drug-likeness (QED) is 0.706. The first-order valence-electron chi connectivity index (χ1n) is 8.51. The maximum absolute atomic E-state index is 12.3. The second-order valence-corrected chi connectivity index (χ2v) is 7.84. The number of nitrogens with zero attached hydrogens (tertiary/aromatic N) is 2. The van der Waals surface area contributed by atoms with Crippen LogP contribution < -0.4 is 9.46 Å². The van der Waals surface area contributed by atoms with Crippen molar-refractivity contribution in [2.24, 2.45) is 4.99 Å². The van der Waals surface area contributed by atoms with Crippen LogP contribution in [0.2, 0.25) is 0 Å². The highest BCUT2D eigenvalue weighted by molar-refractivity contribution is 7.92. The number of hydrogen-bond donors (Lipinski definition) is 1. The molecule has 1 aromatic rings. The molecule has 0 amide bonds. The van der Waals surface area contributed by atoms with E-state index in [1.807, 2.05) is 0 Å². The Hall–Kier alpha value is -2.19. The lowest BCUT2D eigenvalue weighted by molar-refractivity contribution is -0.116. The van der Waals surface area contributed by atoms with Crippen LogP contribution in [-0.2, 0) is 14.8 Å². The number of aliphatic imine (C=N–C) groups is 1. The number of ether oxygens (including phenoxy) is 1. The summed E-state index contributed by atoms with van der Waals surface area (Å²) in [6.07, 6.45) is 4.44. The first-order chi connectivity index (χ1) is 12.3. The van der Waals surface area contributed by atoms with Gasteiger partial charge in [0.1, 0.15) is 18.4 Å². The number of nitrogens with one attached hydrogen (secondary N) is 1. The third-order valence-electron chi connectivity index (χ3n) is 3.92. The van der Waals surface area contributed by atoms with Gasteiger partial charge in [-0.3, -0.25) is 19.4 Å². The van der Waals surface area contributed by atoms with Crippen molar-refractivity contribution in [2.75, 3.05) is 37.2 Å². The number of likely N-dealkylation sites (N-methyl/N-ethyl adjacent to an activating group) is 1. The molecule has 0 saturated heterocycles. The van der Waals surface area contributed by atoms with Crippen molar-refractivity contribution < 1.29 is 17.9 Å². The summed E-state index contributed by atoms with van der Waals surface area (Å²) in [5.41, 5.74) is 1.30. The van der Waals surface area contributed by atoms with Crippen molar-refractivity contribution >= 4 is 27.7 Å². The Bertz CT molecular complexity index is 798. The number of sulfonamides is 1. The zero-order valence-corrected chi connectivity index (χ0v) is 16.1. The van der Waals surface area contributed by atoms with Crippen LogP contribution in [0.5, 0.6) is 5.75 Å². The molecular formula is C18H25N3O4S. The van der Waals surface area contributed by atoms with Crippen molar-refractivity contribution in [1.29, 1.82) is 0 Å². The summed E-state index contributed by atoms with van der Waals surface area (Å²) in [4.78, 5) is 18.8. The smallest absolute Gasteiger partial charge is 0.229 e. The fourth-order valence-electron chi connectivity index (χ4n) is 2.53. The van der Waals surface area contributed by atoms with Crippen LogP contribution in [0.1, 0.15) is 13.8 Å². The van der Waals surface area contributed by atoms with Crippen molar-refractivity contribution in [2.45, 2.75) is 19.9 Å². The van der Waals surface area contributed by atoms with Crippen LogP contribution in [0, 0.1) is 0 Å². The molecule has 8 heteroatoms. The van der Waals surface area contributed by atoms with E-state index in [-0.39, 0.29) is 12.4 Å². The van der Waals surface area contributed by atoms with E-state index in [0.29, 0.717) is 18.0 Å². The zero-order chi connectivity index (χ0) is 19.2. The van der Waals surface area contributed by atoms with Crippen LogP contribution in [0.15, 0.2) is 40.9 Å². The number of carbonyl (C=O) groups is 1. The molecule has 1 aliphatic heterocycles. The lowest BCUT2D eigenvalue weighted by Crippen LogP contribution is -2.31. The Labute approximate surface area is 154 Å². The molecule has 1 heterocycles. The molecule has 0 saturated carbocycles. The molecule has 1 aromatic carbocycles. The minimum absolute atomic E-state index is 0.0833. The summed E-state index contributed by atoms with van der Waals surface area (Å²) in [6, 6.07) is 5.99. The largest absolute Gasteiger partial charge is 0.491 e. The number of rotatable bonds is 9. The fraction of sp³-hybridized carbons (Fsp3) is 0.444. The van der Waals surface area contributed by atoms with Crippen molar-refractivity contribution in [1.82, 2.24) is 4.90 Å². The lowest BCUT2D eigenvalue weighted by atomic mass is 10.1. The first-order valence-corrected chi connectivity index (χ1v) is 10.4. The van der Waals surface area contributed by atoms with Crippen LogP contribution in [0.4, 0.5) is 5.69 Å². The second kappa shape index (κ2) is 8.95. The maximum atomic E-state index is 12.3. The summed E-state index contributed by atoms with van der Waals surface area (Å²) in [5, 5.41) is 0. The van der Waals surface area contributed by atoms with Crippen LogP contribution in [0.25, 0.3) is 0 Å². The Morgan fingerprint density at radius 3 is 2.62 bits per heavy atom. The molecule has 0 aliphatic carbocycles. The van der Waals surface area contributed by atoms with E-state index in [1.165, 1.54) is 0 Å². The van der Waals surface area contributed by atoms with E-state index < -0.39 is 16.1 Å². The molecule has 0 bridgehead atoms. The van der Waals surface area contributed by atoms with Gasteiger partial charge in [-0.1, -0.05) is 19.9 Å². The summed E-state index contributed by atoms with van der Waals surface area (Å²) in [6.45, 7) is 6.80. The van der Waals surface area contributed by atoms with Crippen molar-refractivity contribution in [3.05, 3.63) is 35.9 Å². The molecule has 0 fully saturated rings. The van der Waals surface area contributed by atoms with Crippen LogP contribution in [-0.4, -0.2) is 63.9 Å². The highest BCUT2D eigenvalue weighted by atomic mass is 32.2. The van der Waals surface area contributed by atoms with Gasteiger partial charge in [0.2, 0.25) is 10.0 Å². The Morgan fingerprint density at radius 1 is 1.27 bits per heavy atom. The first kappa shape index (κ1) is 20.1. The van der Waals surface area contributed by atoms with Gasteiger partial charge in [0, 0.05) is 18.8 Å². The number of carbonyl (C=O) groups excluding carboxylic acids is 1. The Balaban J connectivity index is 1.93. The topological polar surface area (TPSA) is 88.1 Å². The minimum Gasteiger partial charge on any atom is -0.491 e. The van der Waals surface area contributed by atoms with E-state index in [4.69, 9.17) is 4.74 Å². The summed E-state index contributed by atoms with van der Waals surface area (Å²) >= 11 is 0.